The Bertz CT molecular complexity index is 1080. The van der Waals surface area contributed by atoms with Gasteiger partial charge >= 0.3 is 12.2 Å². The van der Waals surface area contributed by atoms with Crippen molar-refractivity contribution < 1.29 is 19.1 Å². The molecule has 168 valence electrons. The molecule has 4 heterocycles. The minimum atomic E-state index is -0.595. The maximum absolute atomic E-state index is 12.1. The Hall–Kier alpha value is -4.36. The molecule has 0 unspecified atom stereocenters. The number of carbonyl (C=O) groups excluding carboxylic acids is 2. The van der Waals surface area contributed by atoms with Crippen LogP contribution < -0.4 is 21.5 Å². The van der Waals surface area contributed by atoms with Gasteiger partial charge in [-0.2, -0.15) is 4.98 Å². The van der Waals surface area contributed by atoms with E-state index in [1.807, 2.05) is 4.90 Å². The Kier molecular flexibility index (Phi) is 6.00. The van der Waals surface area contributed by atoms with Gasteiger partial charge in [-0.1, -0.05) is 0 Å². The number of nitrogens with zero attached hydrogens (tertiary/aromatic N) is 6. The van der Waals surface area contributed by atoms with Crippen LogP contribution in [0.4, 0.5) is 27.0 Å². The van der Waals surface area contributed by atoms with Crippen molar-refractivity contribution in [3.63, 3.8) is 0 Å². The number of nitrogen functional groups attached to an aromatic ring is 1. The molecule has 1 aliphatic heterocycles. The Morgan fingerprint density at radius 2 is 1.72 bits per heavy atom. The molecule has 4 N–H and O–H groups in total. The molecule has 0 amide bonds. The van der Waals surface area contributed by atoms with Crippen molar-refractivity contribution in [2.24, 2.45) is 5.92 Å². The number of nitrogens with two attached hydrogens (primary N) is 1. The second kappa shape index (κ2) is 9.20. The average Bonchev–Trinajstić information content (AvgIpc) is 3.54. The molecule has 0 fully saturated rings. The van der Waals surface area contributed by atoms with Crippen molar-refractivity contribution >= 4 is 29.6 Å². The zero-order valence-corrected chi connectivity index (χ0v) is 16.9. The van der Waals surface area contributed by atoms with Crippen molar-refractivity contribution in [1.82, 2.24) is 29.1 Å². The first kappa shape index (κ1) is 20.9. The lowest BCUT2D eigenvalue weighted by atomic mass is 10.1. The summed E-state index contributed by atoms with van der Waals surface area (Å²) in [5.41, 5.74) is 5.64. The molecule has 14 nitrogen and oxygen atoms in total. The van der Waals surface area contributed by atoms with E-state index in [9.17, 15) is 14.4 Å². The molecule has 32 heavy (non-hydrogen) atoms. The largest absolute Gasteiger partial charge is 0.448 e. The number of rotatable bonds is 7. The van der Waals surface area contributed by atoms with Gasteiger partial charge in [-0.05, 0) is 6.42 Å². The summed E-state index contributed by atoms with van der Waals surface area (Å²) < 4.78 is 13.1. The van der Waals surface area contributed by atoms with E-state index in [1.165, 1.54) is 46.6 Å². The van der Waals surface area contributed by atoms with E-state index >= 15 is 0 Å². The molecular formula is C18H21N9O5. The molecule has 14 heteroatoms. The van der Waals surface area contributed by atoms with Crippen LogP contribution in [0.15, 0.2) is 42.2 Å². The summed E-state index contributed by atoms with van der Waals surface area (Å²) in [6, 6.07) is 0. The number of nitrogens with one attached hydrogen (secondary N) is 2. The maximum atomic E-state index is 12.1. The van der Waals surface area contributed by atoms with Gasteiger partial charge in [0.15, 0.2) is 5.82 Å². The van der Waals surface area contributed by atoms with Gasteiger partial charge in [0.25, 0.3) is 5.56 Å². The molecular weight excluding hydrogens is 422 g/mol. The highest BCUT2D eigenvalue weighted by atomic mass is 16.6. The Morgan fingerprint density at radius 3 is 2.28 bits per heavy atom. The zero-order chi connectivity index (χ0) is 22.5. The third-order valence-corrected chi connectivity index (χ3v) is 4.79. The van der Waals surface area contributed by atoms with Crippen LogP contribution in [0, 0.1) is 5.92 Å². The number of imidazole rings is 2. The van der Waals surface area contributed by atoms with E-state index in [-0.39, 0.29) is 30.6 Å². The van der Waals surface area contributed by atoms with E-state index in [1.54, 1.807) is 0 Å². The predicted octanol–water partition coefficient (Wildman–Crippen LogP) is 0.311. The van der Waals surface area contributed by atoms with E-state index in [0.29, 0.717) is 31.1 Å². The number of ether oxygens (including phenoxy) is 2. The second-order valence-corrected chi connectivity index (χ2v) is 7.00. The molecule has 3 aromatic heterocycles. The first-order valence-corrected chi connectivity index (χ1v) is 9.70. The number of carbonyl (C=O) groups is 2. The van der Waals surface area contributed by atoms with Crippen LogP contribution in [0.1, 0.15) is 6.42 Å². The first-order chi connectivity index (χ1) is 15.5. The van der Waals surface area contributed by atoms with E-state index in [2.05, 4.69) is 25.3 Å². The number of aromatic nitrogens is 6. The molecule has 0 atom stereocenters. The Labute approximate surface area is 181 Å². The lowest BCUT2D eigenvalue weighted by Crippen LogP contribution is -2.30. The smallest absolute Gasteiger partial charge is 0.419 e. The van der Waals surface area contributed by atoms with Gasteiger partial charge in [-0.3, -0.25) is 9.78 Å². The first-order valence-electron chi connectivity index (χ1n) is 9.70. The third kappa shape index (κ3) is 4.69. The number of H-pyrrole nitrogens is 1. The molecule has 4 rings (SSSR count). The molecule has 0 aromatic carbocycles. The molecule has 0 aliphatic carbocycles. The molecule has 1 aliphatic rings. The number of hydrogen-bond acceptors (Lipinski definition) is 11. The monoisotopic (exact) mass is 443 g/mol. The summed E-state index contributed by atoms with van der Waals surface area (Å²) in [5, 5.41) is 2.98. The minimum Gasteiger partial charge on any atom is -0.448 e. The van der Waals surface area contributed by atoms with Crippen molar-refractivity contribution in [3.8, 4) is 0 Å². The van der Waals surface area contributed by atoms with Gasteiger partial charge in [-0.25, -0.2) is 28.7 Å². The highest BCUT2D eigenvalue weighted by molar-refractivity contribution is 5.71. The van der Waals surface area contributed by atoms with Crippen LogP contribution in [-0.4, -0.2) is 67.7 Å². The van der Waals surface area contributed by atoms with E-state index in [4.69, 9.17) is 15.2 Å². The SMILES string of the molecule is Nc1nc2c(c(=O)[nH]1)NCN2CCC(COC(=O)n1ccnc1)COC(=O)n1ccnc1. The highest BCUT2D eigenvalue weighted by Gasteiger charge is 2.25. The maximum Gasteiger partial charge on any atom is 0.419 e. The summed E-state index contributed by atoms with van der Waals surface area (Å²) in [4.78, 5) is 52.3. The molecule has 3 aromatic rings. The van der Waals surface area contributed by atoms with Gasteiger partial charge in [0.05, 0.1) is 19.9 Å². The van der Waals surface area contributed by atoms with Crippen LogP contribution in [0.2, 0.25) is 0 Å². The number of aromatic amines is 1. The van der Waals surface area contributed by atoms with E-state index < -0.39 is 12.2 Å². The summed E-state index contributed by atoms with van der Waals surface area (Å²) in [5.74, 6) is 0.136. The van der Waals surface area contributed by atoms with Crippen LogP contribution in [-0.2, 0) is 9.47 Å². The van der Waals surface area contributed by atoms with Crippen molar-refractivity contribution in [2.45, 2.75) is 6.42 Å². The number of fused-ring (bicyclic) bond motifs is 1. The normalized spacial score (nSPS) is 12.5. The van der Waals surface area contributed by atoms with Crippen LogP contribution in [0.25, 0.3) is 0 Å². The molecule has 0 bridgehead atoms. The van der Waals surface area contributed by atoms with Gasteiger partial charge < -0.3 is 25.4 Å². The van der Waals surface area contributed by atoms with Gasteiger partial charge in [0.2, 0.25) is 5.95 Å². The topological polar surface area (TPSA) is 175 Å². The summed E-state index contributed by atoms with van der Waals surface area (Å²) in [7, 11) is 0. The predicted molar refractivity (Wildman–Crippen MR) is 111 cm³/mol. The standard InChI is InChI=1S/C18H21N9O5/c19-16-23-14-13(15(28)24-16)22-11-25(14)4-1-12(7-31-17(29)26-5-2-20-9-26)8-32-18(30)27-6-3-21-10-27/h2-3,5-6,9-10,12,22H,1,4,7-8,11H2,(H3,19,23,24,28). The zero-order valence-electron chi connectivity index (χ0n) is 16.9. The summed E-state index contributed by atoms with van der Waals surface area (Å²) >= 11 is 0. The highest BCUT2D eigenvalue weighted by Crippen LogP contribution is 2.26. The summed E-state index contributed by atoms with van der Waals surface area (Å²) in [6.45, 7) is 0.831. The van der Waals surface area contributed by atoms with Crippen molar-refractivity contribution in [3.05, 3.63) is 47.8 Å². The van der Waals surface area contributed by atoms with Crippen LogP contribution in [0.5, 0.6) is 0 Å². The number of hydrogen-bond donors (Lipinski definition) is 3. The fourth-order valence-electron chi connectivity index (χ4n) is 3.12. The Balaban J connectivity index is 1.39. The quantitative estimate of drug-likeness (QED) is 0.458. The molecule has 0 saturated heterocycles. The average molecular weight is 443 g/mol. The van der Waals surface area contributed by atoms with Gasteiger partial charge in [0, 0.05) is 37.3 Å². The van der Waals surface area contributed by atoms with Crippen LogP contribution >= 0.6 is 0 Å². The van der Waals surface area contributed by atoms with Gasteiger partial charge in [0.1, 0.15) is 18.3 Å². The Morgan fingerprint density at radius 1 is 1.09 bits per heavy atom. The lowest BCUT2D eigenvalue weighted by molar-refractivity contribution is 0.0844. The fraction of sp³-hybridized carbons (Fsp3) is 0.333. The van der Waals surface area contributed by atoms with Gasteiger partial charge in [-0.15, -0.1) is 0 Å². The lowest BCUT2D eigenvalue weighted by Gasteiger charge is -2.22. The van der Waals surface area contributed by atoms with Crippen molar-refractivity contribution in [2.75, 3.05) is 42.4 Å². The molecule has 0 spiro atoms. The molecule has 0 radical (unpaired) electrons. The van der Waals surface area contributed by atoms with E-state index in [0.717, 1.165) is 0 Å². The molecule has 0 saturated carbocycles. The third-order valence-electron chi connectivity index (χ3n) is 4.79. The van der Waals surface area contributed by atoms with Crippen LogP contribution in [0.3, 0.4) is 0 Å². The fourth-order valence-corrected chi connectivity index (χ4v) is 3.12. The summed E-state index contributed by atoms with van der Waals surface area (Å²) in [6.07, 6.45) is 7.81. The second-order valence-electron chi connectivity index (χ2n) is 7.00. The van der Waals surface area contributed by atoms with Crippen molar-refractivity contribution in [1.29, 1.82) is 0 Å². The number of anilines is 3. The minimum absolute atomic E-state index is 0.00723.